The first-order chi connectivity index (χ1) is 9.97. The number of hydrogen-bond donors (Lipinski definition) is 1. The van der Waals surface area contributed by atoms with Gasteiger partial charge in [-0.3, -0.25) is 0 Å². The lowest BCUT2D eigenvalue weighted by Gasteiger charge is -2.14. The van der Waals surface area contributed by atoms with Gasteiger partial charge >= 0.3 is 0 Å². The van der Waals surface area contributed by atoms with Crippen LogP contribution in [0.5, 0.6) is 11.5 Å². The van der Waals surface area contributed by atoms with Gasteiger partial charge in [0.05, 0.1) is 14.2 Å². The van der Waals surface area contributed by atoms with Crippen LogP contribution in [0.4, 0.5) is 0 Å². The first-order valence-electron chi connectivity index (χ1n) is 7.26. The minimum atomic E-state index is -3.83. The molecule has 2 aliphatic carbocycles. The molecule has 1 aromatic rings. The fourth-order valence-corrected chi connectivity index (χ4v) is 4.52. The van der Waals surface area contributed by atoms with Gasteiger partial charge in [0.1, 0.15) is 16.4 Å². The number of fused-ring (bicyclic) bond motifs is 1. The quantitative estimate of drug-likeness (QED) is 0.925. The van der Waals surface area contributed by atoms with E-state index in [1.807, 2.05) is 0 Å². The van der Waals surface area contributed by atoms with Crippen LogP contribution in [-0.2, 0) is 10.0 Å². The highest BCUT2D eigenvalue weighted by atomic mass is 32.2. The second-order valence-corrected chi connectivity index (χ2v) is 7.46. The summed E-state index contributed by atoms with van der Waals surface area (Å²) in [5.74, 6) is 2.78. The maximum atomic E-state index is 11.7. The summed E-state index contributed by atoms with van der Waals surface area (Å²) >= 11 is 0. The third-order valence-electron chi connectivity index (χ3n) is 4.84. The Morgan fingerprint density at radius 3 is 2.10 bits per heavy atom. The van der Waals surface area contributed by atoms with Crippen molar-refractivity contribution >= 4 is 10.0 Å². The van der Waals surface area contributed by atoms with E-state index in [4.69, 9.17) is 14.6 Å². The highest BCUT2D eigenvalue weighted by Gasteiger charge is 2.52. The summed E-state index contributed by atoms with van der Waals surface area (Å²) in [6.45, 7) is 0. The lowest BCUT2D eigenvalue weighted by molar-refractivity contribution is 0.388. The molecule has 1 unspecified atom stereocenters. The summed E-state index contributed by atoms with van der Waals surface area (Å²) in [6, 6.07) is 3.29. The van der Waals surface area contributed by atoms with E-state index < -0.39 is 10.0 Å². The molecule has 21 heavy (non-hydrogen) atoms. The Morgan fingerprint density at radius 2 is 1.62 bits per heavy atom. The van der Waals surface area contributed by atoms with Crippen LogP contribution in [0, 0.1) is 11.8 Å². The summed E-state index contributed by atoms with van der Waals surface area (Å²) in [7, 11) is -0.813. The largest absolute Gasteiger partial charge is 0.496 e. The number of sulfonamides is 1. The van der Waals surface area contributed by atoms with Crippen molar-refractivity contribution in [2.45, 2.75) is 36.5 Å². The summed E-state index contributed by atoms with van der Waals surface area (Å²) in [5.41, 5.74) is 1.05. The van der Waals surface area contributed by atoms with Crippen LogP contribution in [0.1, 0.15) is 37.2 Å². The number of primary sulfonamides is 1. The van der Waals surface area contributed by atoms with E-state index in [2.05, 4.69) is 0 Å². The smallest absolute Gasteiger partial charge is 0.241 e. The average molecular weight is 311 g/mol. The second-order valence-electron chi connectivity index (χ2n) is 5.93. The van der Waals surface area contributed by atoms with Crippen LogP contribution in [0.3, 0.4) is 0 Å². The van der Waals surface area contributed by atoms with Crippen molar-refractivity contribution in [2.75, 3.05) is 14.2 Å². The van der Waals surface area contributed by atoms with E-state index in [9.17, 15) is 8.42 Å². The Hall–Kier alpha value is -1.27. The van der Waals surface area contributed by atoms with Crippen LogP contribution in [-0.4, -0.2) is 22.6 Å². The predicted octanol–water partition coefficient (Wildman–Crippen LogP) is 2.25. The maximum absolute atomic E-state index is 11.7. The van der Waals surface area contributed by atoms with Crippen molar-refractivity contribution in [3.63, 3.8) is 0 Å². The Labute approximate surface area is 125 Å². The average Bonchev–Trinajstić information content (AvgIpc) is 3.19. The molecule has 0 amide bonds. The van der Waals surface area contributed by atoms with Gasteiger partial charge < -0.3 is 9.47 Å². The van der Waals surface area contributed by atoms with Crippen LogP contribution in [0.15, 0.2) is 17.0 Å². The van der Waals surface area contributed by atoms with Crippen molar-refractivity contribution < 1.29 is 17.9 Å². The fraction of sp³-hybridized carbons (Fsp3) is 0.600. The number of ether oxygens (including phenoxy) is 2. The molecule has 0 heterocycles. The zero-order valence-electron chi connectivity index (χ0n) is 12.3. The highest BCUT2D eigenvalue weighted by Crippen LogP contribution is 2.63. The SMILES string of the molecule is COc1cc(S(N)(=O)=O)c(OC)cc1C1[C@H]2CCCC[C@@H]12. The third-order valence-corrected chi connectivity index (χ3v) is 5.77. The monoisotopic (exact) mass is 311 g/mol. The molecular formula is C15H21NO4S. The molecule has 2 fully saturated rings. The molecule has 0 aliphatic heterocycles. The minimum Gasteiger partial charge on any atom is -0.496 e. The van der Waals surface area contributed by atoms with Gasteiger partial charge in [-0.2, -0.15) is 0 Å². The zero-order valence-corrected chi connectivity index (χ0v) is 13.2. The Bertz CT molecular complexity index is 644. The van der Waals surface area contributed by atoms with Crippen LogP contribution in [0.2, 0.25) is 0 Å². The molecule has 116 valence electrons. The van der Waals surface area contributed by atoms with Crippen molar-refractivity contribution in [1.82, 2.24) is 0 Å². The van der Waals surface area contributed by atoms with Crippen LogP contribution < -0.4 is 14.6 Å². The predicted molar refractivity (Wildman–Crippen MR) is 79.1 cm³/mol. The molecule has 0 spiro atoms. The summed E-state index contributed by atoms with van der Waals surface area (Å²) in [6.07, 6.45) is 5.06. The number of nitrogens with two attached hydrogens (primary N) is 1. The zero-order chi connectivity index (χ0) is 15.2. The first kappa shape index (κ1) is 14.7. The van der Waals surface area contributed by atoms with Gasteiger partial charge in [-0.15, -0.1) is 0 Å². The number of rotatable bonds is 4. The topological polar surface area (TPSA) is 78.6 Å². The molecule has 5 nitrogen and oxygen atoms in total. The number of benzene rings is 1. The molecular weight excluding hydrogens is 290 g/mol. The van der Waals surface area contributed by atoms with Crippen molar-refractivity contribution in [1.29, 1.82) is 0 Å². The summed E-state index contributed by atoms with van der Waals surface area (Å²) in [5, 5.41) is 5.25. The molecule has 0 radical (unpaired) electrons. The van der Waals surface area contributed by atoms with Crippen molar-refractivity contribution in [3.8, 4) is 11.5 Å². The first-order valence-corrected chi connectivity index (χ1v) is 8.80. The third kappa shape index (κ3) is 2.51. The van der Waals surface area contributed by atoms with Gasteiger partial charge in [0.15, 0.2) is 0 Å². The Morgan fingerprint density at radius 1 is 1.05 bits per heavy atom. The molecule has 2 saturated carbocycles. The van der Waals surface area contributed by atoms with Crippen LogP contribution in [0.25, 0.3) is 0 Å². The molecule has 1 aromatic carbocycles. The summed E-state index contributed by atoms with van der Waals surface area (Å²) < 4.78 is 34.0. The van der Waals surface area contributed by atoms with Crippen LogP contribution >= 0.6 is 0 Å². The van der Waals surface area contributed by atoms with Crippen molar-refractivity contribution in [3.05, 3.63) is 17.7 Å². The highest BCUT2D eigenvalue weighted by molar-refractivity contribution is 7.89. The van der Waals surface area contributed by atoms with Gasteiger partial charge in [-0.25, -0.2) is 13.6 Å². The standard InChI is InChI=1S/C15H21NO4S/c1-19-12-8-14(21(16,17)18)13(20-2)7-11(12)15-9-5-3-4-6-10(9)15/h7-10,15H,3-6H2,1-2H3,(H2,16,17,18)/t9-,10+,15?. The van der Waals surface area contributed by atoms with Gasteiger partial charge in [0, 0.05) is 11.6 Å². The Balaban J connectivity index is 2.05. The normalized spacial score (nSPS) is 27.9. The molecule has 0 saturated heterocycles. The van der Waals surface area contributed by atoms with E-state index >= 15 is 0 Å². The number of hydrogen-bond acceptors (Lipinski definition) is 4. The van der Waals surface area contributed by atoms with Gasteiger partial charge in [0.2, 0.25) is 10.0 Å². The maximum Gasteiger partial charge on any atom is 0.241 e. The lowest BCUT2D eigenvalue weighted by Crippen LogP contribution is -2.14. The molecule has 0 bridgehead atoms. The van der Waals surface area contributed by atoms with E-state index in [1.165, 1.54) is 38.9 Å². The van der Waals surface area contributed by atoms with E-state index in [0.29, 0.717) is 29.3 Å². The molecule has 6 heteroatoms. The Kier molecular flexibility index (Phi) is 3.61. The molecule has 3 atom stereocenters. The number of methoxy groups -OCH3 is 2. The van der Waals surface area contributed by atoms with Gasteiger partial charge in [-0.1, -0.05) is 12.8 Å². The van der Waals surface area contributed by atoms with Crippen molar-refractivity contribution in [2.24, 2.45) is 17.0 Å². The molecule has 0 aromatic heterocycles. The van der Waals surface area contributed by atoms with E-state index in [-0.39, 0.29) is 4.90 Å². The summed E-state index contributed by atoms with van der Waals surface area (Å²) in [4.78, 5) is -0.0192. The van der Waals surface area contributed by atoms with Gasteiger partial charge in [0.25, 0.3) is 0 Å². The molecule has 2 N–H and O–H groups in total. The van der Waals surface area contributed by atoms with E-state index in [0.717, 1.165) is 5.56 Å². The lowest BCUT2D eigenvalue weighted by atomic mass is 10.0. The minimum absolute atomic E-state index is 0.0192. The second kappa shape index (κ2) is 5.18. The fourth-order valence-electron chi connectivity index (χ4n) is 3.83. The molecule has 3 rings (SSSR count). The van der Waals surface area contributed by atoms with E-state index in [1.54, 1.807) is 13.2 Å². The molecule has 2 aliphatic rings. The van der Waals surface area contributed by atoms with Gasteiger partial charge in [-0.05, 0) is 36.7 Å².